The van der Waals surface area contributed by atoms with Crippen LogP contribution in [0, 0.1) is 5.92 Å². The Morgan fingerprint density at radius 1 is 1.04 bits per heavy atom. The lowest BCUT2D eigenvalue weighted by atomic mass is 10.0. The Morgan fingerprint density at radius 2 is 1.52 bits per heavy atom. The van der Waals surface area contributed by atoms with Gasteiger partial charge in [0.2, 0.25) is 0 Å². The minimum Gasteiger partial charge on any atom is -0.415 e. The van der Waals surface area contributed by atoms with Gasteiger partial charge in [0.25, 0.3) is 0 Å². The molecular weight excluding hydrogens is 340 g/mol. The maximum absolute atomic E-state index is 12.6. The third-order valence-corrected chi connectivity index (χ3v) is 8.56. The Morgan fingerprint density at radius 3 is 1.87 bits per heavy atom. The Balaban J connectivity index is 5.04. The van der Waals surface area contributed by atoms with Gasteiger partial charge in [0.05, 0.1) is 18.6 Å². The first-order valence-corrected chi connectivity index (χ1v) is 10.2. The molecule has 23 heavy (non-hydrogen) atoms. The Labute approximate surface area is 134 Å². The molecule has 9 heteroatoms. The molecule has 0 rings (SSSR count). The van der Waals surface area contributed by atoms with E-state index in [9.17, 15) is 26.3 Å². The molecule has 0 amide bonds. The van der Waals surface area contributed by atoms with Crippen molar-refractivity contribution in [1.29, 1.82) is 0 Å². The lowest BCUT2D eigenvalue weighted by molar-refractivity contribution is -0.172. The zero-order chi connectivity index (χ0) is 18.7. The molecule has 0 radical (unpaired) electrons. The molecule has 0 aliphatic heterocycles. The molecule has 0 aromatic rings. The van der Waals surface area contributed by atoms with Gasteiger partial charge in [-0.1, -0.05) is 27.7 Å². The molecule has 0 bridgehead atoms. The molecule has 0 spiro atoms. The van der Waals surface area contributed by atoms with E-state index in [4.69, 9.17) is 4.43 Å². The van der Waals surface area contributed by atoms with E-state index in [1.807, 2.05) is 33.9 Å². The first-order chi connectivity index (χ1) is 9.96. The average Bonchev–Trinajstić information content (AvgIpc) is 2.28. The summed E-state index contributed by atoms with van der Waals surface area (Å²) in [5, 5.41) is -0.194. The van der Waals surface area contributed by atoms with Gasteiger partial charge in [0.15, 0.2) is 8.32 Å². The first kappa shape index (κ1) is 22.4. The fourth-order valence-corrected chi connectivity index (χ4v) is 2.47. The van der Waals surface area contributed by atoms with Crippen molar-refractivity contribution in [2.75, 3.05) is 6.61 Å². The van der Waals surface area contributed by atoms with Crippen LogP contribution in [-0.2, 0) is 4.43 Å². The topological polar surface area (TPSA) is 21.6 Å². The second-order valence-electron chi connectivity index (χ2n) is 7.22. The second-order valence-corrected chi connectivity index (χ2v) is 12.0. The second kappa shape index (κ2) is 7.54. The number of alkyl halides is 6. The van der Waals surface area contributed by atoms with Crippen LogP contribution in [0.2, 0.25) is 18.1 Å². The Kier molecular flexibility index (Phi) is 7.36. The Hall–Kier alpha value is -0.573. The van der Waals surface area contributed by atoms with Crippen LogP contribution in [0.1, 0.15) is 34.1 Å². The summed E-state index contributed by atoms with van der Waals surface area (Å²) < 4.78 is 80.4. The summed E-state index contributed by atoms with van der Waals surface area (Å²) in [5.74, 6) is -1.75. The van der Waals surface area contributed by atoms with Crippen molar-refractivity contribution in [2.24, 2.45) is 10.9 Å². The normalized spacial score (nSPS) is 17.6. The van der Waals surface area contributed by atoms with Crippen molar-refractivity contribution in [3.63, 3.8) is 0 Å². The molecule has 138 valence electrons. The molecule has 0 fully saturated rings. The lowest BCUT2D eigenvalue weighted by Gasteiger charge is -2.37. The number of halogens is 6. The van der Waals surface area contributed by atoms with E-state index >= 15 is 0 Å². The fraction of sp³-hybridized carbons (Fsp3) is 0.929. The minimum absolute atomic E-state index is 0.194. The average molecular weight is 365 g/mol. The van der Waals surface area contributed by atoms with Gasteiger partial charge in [-0.25, -0.2) is 0 Å². The Bertz CT molecular complexity index is 398. The van der Waals surface area contributed by atoms with E-state index in [1.54, 1.807) is 0 Å². The smallest absolute Gasteiger partial charge is 0.415 e. The highest BCUT2D eigenvalue weighted by Gasteiger charge is 2.40. The highest BCUT2D eigenvalue weighted by Crippen LogP contribution is 2.37. The van der Waals surface area contributed by atoms with Crippen molar-refractivity contribution in [1.82, 2.24) is 0 Å². The van der Waals surface area contributed by atoms with Gasteiger partial charge in [-0.05, 0) is 24.6 Å². The van der Waals surface area contributed by atoms with E-state index in [0.29, 0.717) is 0 Å². The van der Waals surface area contributed by atoms with Gasteiger partial charge in [-0.15, -0.1) is 0 Å². The highest BCUT2D eigenvalue weighted by atomic mass is 28.4. The molecule has 0 saturated carbocycles. The van der Waals surface area contributed by atoms with Gasteiger partial charge >= 0.3 is 12.4 Å². The van der Waals surface area contributed by atoms with Crippen molar-refractivity contribution >= 4 is 14.5 Å². The zero-order valence-electron chi connectivity index (χ0n) is 14.3. The van der Waals surface area contributed by atoms with Crippen LogP contribution in [0.25, 0.3) is 0 Å². The lowest BCUT2D eigenvalue weighted by Crippen LogP contribution is -2.43. The molecule has 2 atom stereocenters. The van der Waals surface area contributed by atoms with Crippen LogP contribution >= 0.6 is 0 Å². The number of hydrogen-bond donors (Lipinski definition) is 0. The third kappa shape index (κ3) is 8.73. The standard InChI is InChI=1S/C14H25F6NOSi/c1-10(14(18,19)20)7-11(21-9-13(15,16)17)8-22-23(5,6)12(2,3)4/h9-11H,7-8H2,1-6H3/b21-9+/t10-,11-/m0/s1. The predicted molar refractivity (Wildman–Crippen MR) is 81.3 cm³/mol. The van der Waals surface area contributed by atoms with E-state index in [0.717, 1.165) is 6.92 Å². The molecular formula is C14H25F6NOSi. The maximum atomic E-state index is 12.6. The molecule has 0 heterocycles. The van der Waals surface area contributed by atoms with Gasteiger partial charge in [0.1, 0.15) is 6.21 Å². The summed E-state index contributed by atoms with van der Waals surface area (Å²) in [5.41, 5.74) is 0. The molecule has 0 aromatic heterocycles. The maximum Gasteiger partial charge on any atom is 0.426 e. The summed E-state index contributed by atoms with van der Waals surface area (Å²) in [6.07, 6.45) is -9.92. The summed E-state index contributed by atoms with van der Waals surface area (Å²) in [6, 6.07) is -1.18. The predicted octanol–water partition coefficient (Wildman–Crippen LogP) is 5.60. The molecule has 2 nitrogen and oxygen atoms in total. The van der Waals surface area contributed by atoms with E-state index in [-0.39, 0.29) is 17.9 Å². The van der Waals surface area contributed by atoms with Crippen LogP contribution < -0.4 is 0 Å². The first-order valence-electron chi connectivity index (χ1n) is 7.27. The largest absolute Gasteiger partial charge is 0.426 e. The van der Waals surface area contributed by atoms with E-state index < -0.39 is 39.1 Å². The molecule has 0 aliphatic carbocycles. The van der Waals surface area contributed by atoms with Crippen LogP contribution in [0.5, 0.6) is 0 Å². The summed E-state index contributed by atoms with van der Waals surface area (Å²) in [7, 11) is -2.28. The fourth-order valence-electron chi connectivity index (χ4n) is 1.42. The molecule has 0 unspecified atom stereocenters. The molecule has 0 aliphatic rings. The zero-order valence-corrected chi connectivity index (χ0v) is 15.3. The van der Waals surface area contributed by atoms with Gasteiger partial charge in [-0.3, -0.25) is 4.99 Å². The van der Waals surface area contributed by atoms with Crippen molar-refractivity contribution in [3.05, 3.63) is 0 Å². The van der Waals surface area contributed by atoms with Crippen LogP contribution in [-0.4, -0.2) is 39.5 Å². The number of rotatable bonds is 6. The van der Waals surface area contributed by atoms with Crippen molar-refractivity contribution < 1.29 is 30.8 Å². The van der Waals surface area contributed by atoms with Crippen molar-refractivity contribution in [3.8, 4) is 0 Å². The monoisotopic (exact) mass is 365 g/mol. The van der Waals surface area contributed by atoms with E-state index in [2.05, 4.69) is 4.99 Å². The summed E-state index contributed by atoms with van der Waals surface area (Å²) in [4.78, 5) is 3.28. The van der Waals surface area contributed by atoms with Gasteiger partial charge < -0.3 is 4.43 Å². The van der Waals surface area contributed by atoms with E-state index in [1.165, 1.54) is 0 Å². The highest BCUT2D eigenvalue weighted by molar-refractivity contribution is 6.74. The molecule has 0 N–H and O–H groups in total. The number of hydrogen-bond acceptors (Lipinski definition) is 2. The van der Waals surface area contributed by atoms with Crippen LogP contribution in [0.15, 0.2) is 4.99 Å². The summed E-state index contributed by atoms with van der Waals surface area (Å²) in [6.45, 7) is 10.3. The quantitative estimate of drug-likeness (QED) is 0.341. The van der Waals surface area contributed by atoms with Crippen LogP contribution in [0.4, 0.5) is 26.3 Å². The third-order valence-electron chi connectivity index (χ3n) is 4.06. The SMILES string of the molecule is C[C@@H](C[C@@H](CO[Si](C)(C)C(C)(C)C)/N=C/C(F)(F)F)C(F)(F)F. The molecule has 0 saturated heterocycles. The van der Waals surface area contributed by atoms with Crippen molar-refractivity contribution in [2.45, 2.75) is 70.6 Å². The molecule has 0 aromatic carbocycles. The van der Waals surface area contributed by atoms with Gasteiger partial charge in [0, 0.05) is 0 Å². The number of nitrogens with zero attached hydrogens (tertiary/aromatic N) is 1. The number of aliphatic imine (C=N–C) groups is 1. The van der Waals surface area contributed by atoms with Crippen LogP contribution in [0.3, 0.4) is 0 Å². The minimum atomic E-state index is -4.66. The van der Waals surface area contributed by atoms with Gasteiger partial charge in [-0.2, -0.15) is 26.3 Å². The summed E-state index contributed by atoms with van der Waals surface area (Å²) >= 11 is 0.